The first kappa shape index (κ1) is 26.8. The normalized spacial score (nSPS) is 17.1. The molecule has 0 aliphatic carbocycles. The van der Waals surface area contributed by atoms with E-state index in [1.54, 1.807) is 36.9 Å². The maximum atomic E-state index is 13.7. The van der Waals surface area contributed by atoms with E-state index in [9.17, 15) is 23.2 Å². The summed E-state index contributed by atoms with van der Waals surface area (Å²) in [6, 6.07) is 14.5. The van der Waals surface area contributed by atoms with Gasteiger partial charge in [-0.1, -0.05) is 12.1 Å². The fourth-order valence-corrected chi connectivity index (χ4v) is 4.73. The minimum absolute atomic E-state index is 0.0218. The van der Waals surface area contributed by atoms with Crippen molar-refractivity contribution in [3.8, 4) is 11.5 Å². The van der Waals surface area contributed by atoms with Gasteiger partial charge in [0.05, 0.1) is 13.0 Å². The largest absolute Gasteiger partial charge is 0.497 e. The van der Waals surface area contributed by atoms with Gasteiger partial charge in [-0.05, 0) is 67.4 Å². The molecule has 38 heavy (non-hydrogen) atoms. The molecule has 2 aromatic carbocycles. The van der Waals surface area contributed by atoms with Crippen molar-refractivity contribution >= 4 is 17.5 Å². The van der Waals surface area contributed by atoms with Gasteiger partial charge in [0.15, 0.2) is 0 Å². The number of alkyl halides is 2. The molecule has 0 spiro atoms. The highest BCUT2D eigenvalue weighted by atomic mass is 19.3. The summed E-state index contributed by atoms with van der Waals surface area (Å²) in [7, 11) is 1.57. The second-order valence-corrected chi connectivity index (χ2v) is 8.99. The van der Waals surface area contributed by atoms with Crippen LogP contribution in [0.3, 0.4) is 0 Å². The summed E-state index contributed by atoms with van der Waals surface area (Å²) in [5.41, 5.74) is 1.89. The van der Waals surface area contributed by atoms with E-state index in [2.05, 4.69) is 10.1 Å². The number of hydrogen-bond donors (Lipinski definition) is 1. The third-order valence-electron chi connectivity index (χ3n) is 6.77. The van der Waals surface area contributed by atoms with Gasteiger partial charge in [0.1, 0.15) is 17.2 Å². The third kappa shape index (κ3) is 5.53. The molecular weight excluding hydrogens is 496 g/mol. The smallest absolute Gasteiger partial charge is 0.387 e. The molecule has 1 fully saturated rings. The highest BCUT2D eigenvalue weighted by molar-refractivity contribution is 6.00. The first-order chi connectivity index (χ1) is 18.2. The van der Waals surface area contributed by atoms with Gasteiger partial charge in [0.2, 0.25) is 5.91 Å². The standard InChI is InChI=1S/C28H29F2N3O5/c1-4-32-14-13-17(2)24(27(32)36)33-16-23(18-5-9-20(37-3)10-6-18)22(26(33)35)15-31-25(34)19-7-11-21(12-8-19)38-28(29)30/h5-14,22-23,28H,4,15-16H2,1-3H3,(H,31,34)/t22?,23-/m0/s1. The number of amides is 2. The Bertz CT molecular complexity index is 1360. The summed E-state index contributed by atoms with van der Waals surface area (Å²) in [6.45, 7) is 1.45. The highest BCUT2D eigenvalue weighted by Crippen LogP contribution is 2.37. The van der Waals surface area contributed by atoms with Crippen molar-refractivity contribution < 1.29 is 27.8 Å². The molecule has 1 saturated heterocycles. The Hall–Kier alpha value is -4.21. The van der Waals surface area contributed by atoms with Crippen LogP contribution in [0, 0.1) is 12.8 Å². The van der Waals surface area contributed by atoms with Crippen molar-refractivity contribution in [3.63, 3.8) is 0 Å². The van der Waals surface area contributed by atoms with Crippen molar-refractivity contribution in [2.75, 3.05) is 25.1 Å². The molecule has 1 aromatic heterocycles. The van der Waals surface area contributed by atoms with Crippen molar-refractivity contribution in [2.45, 2.75) is 32.9 Å². The van der Waals surface area contributed by atoms with Crippen molar-refractivity contribution in [3.05, 3.63) is 87.8 Å². The number of aromatic nitrogens is 1. The van der Waals surface area contributed by atoms with E-state index in [0.29, 0.717) is 23.5 Å². The van der Waals surface area contributed by atoms with Crippen LogP contribution in [0.4, 0.5) is 14.5 Å². The second-order valence-electron chi connectivity index (χ2n) is 8.99. The molecule has 0 saturated carbocycles. The van der Waals surface area contributed by atoms with E-state index < -0.39 is 18.4 Å². The molecule has 0 radical (unpaired) electrons. The molecule has 10 heteroatoms. The maximum absolute atomic E-state index is 13.7. The average Bonchev–Trinajstić information content (AvgIpc) is 3.23. The van der Waals surface area contributed by atoms with Gasteiger partial charge >= 0.3 is 6.61 Å². The Morgan fingerprint density at radius 2 is 1.71 bits per heavy atom. The molecule has 3 aromatic rings. The SMILES string of the molecule is CCn1ccc(C)c(N2C[C@@H](c3ccc(OC)cc3)C(CNC(=O)c3ccc(OC(F)F)cc3)C2=O)c1=O. The number of aryl methyl sites for hydroxylation is 2. The van der Waals surface area contributed by atoms with E-state index in [1.807, 2.05) is 25.1 Å². The summed E-state index contributed by atoms with van der Waals surface area (Å²) in [6.07, 6.45) is 1.71. The first-order valence-electron chi connectivity index (χ1n) is 12.2. The Kier molecular flexibility index (Phi) is 8.09. The number of nitrogens with zero attached hydrogens (tertiary/aromatic N) is 2. The van der Waals surface area contributed by atoms with Crippen LogP contribution in [0.5, 0.6) is 11.5 Å². The molecule has 1 aliphatic rings. The number of carbonyl (C=O) groups is 2. The van der Waals surface area contributed by atoms with Crippen LogP contribution in [-0.2, 0) is 11.3 Å². The van der Waals surface area contributed by atoms with Gasteiger partial charge in [-0.3, -0.25) is 14.4 Å². The Morgan fingerprint density at radius 1 is 1.05 bits per heavy atom. The number of nitrogens with one attached hydrogen (secondary N) is 1. The number of anilines is 1. The maximum Gasteiger partial charge on any atom is 0.387 e. The number of hydrogen-bond acceptors (Lipinski definition) is 5. The first-order valence-corrected chi connectivity index (χ1v) is 12.2. The van der Waals surface area contributed by atoms with Crippen LogP contribution < -0.4 is 25.2 Å². The number of benzene rings is 2. The second kappa shape index (κ2) is 11.5. The van der Waals surface area contributed by atoms with Crippen LogP contribution in [0.15, 0.2) is 65.6 Å². The topological polar surface area (TPSA) is 89.9 Å². The summed E-state index contributed by atoms with van der Waals surface area (Å²) in [4.78, 5) is 41.2. The van der Waals surface area contributed by atoms with E-state index in [0.717, 1.165) is 5.56 Å². The van der Waals surface area contributed by atoms with Gasteiger partial charge < -0.3 is 24.3 Å². The minimum Gasteiger partial charge on any atom is -0.497 e. The Morgan fingerprint density at radius 3 is 2.32 bits per heavy atom. The minimum atomic E-state index is -2.96. The number of rotatable bonds is 9. The van der Waals surface area contributed by atoms with Crippen molar-refractivity contribution in [1.29, 1.82) is 0 Å². The summed E-state index contributed by atoms with van der Waals surface area (Å²) >= 11 is 0. The van der Waals surface area contributed by atoms with Crippen LogP contribution in [0.25, 0.3) is 0 Å². The molecule has 0 bridgehead atoms. The van der Waals surface area contributed by atoms with E-state index >= 15 is 0 Å². The zero-order chi connectivity index (χ0) is 27.4. The van der Waals surface area contributed by atoms with Gasteiger partial charge in [-0.15, -0.1) is 0 Å². The molecule has 4 rings (SSSR count). The molecule has 1 unspecified atom stereocenters. The highest BCUT2D eigenvalue weighted by Gasteiger charge is 2.43. The van der Waals surface area contributed by atoms with Crippen LogP contribution >= 0.6 is 0 Å². The molecule has 8 nitrogen and oxygen atoms in total. The van der Waals surface area contributed by atoms with E-state index in [4.69, 9.17) is 4.74 Å². The van der Waals surface area contributed by atoms with Crippen LogP contribution in [-0.4, -0.2) is 43.2 Å². The van der Waals surface area contributed by atoms with Crippen LogP contribution in [0.1, 0.15) is 34.3 Å². The summed E-state index contributed by atoms with van der Waals surface area (Å²) in [5.74, 6) is -1.05. The van der Waals surface area contributed by atoms with E-state index in [1.165, 1.54) is 29.2 Å². The number of pyridine rings is 1. The lowest BCUT2D eigenvalue weighted by atomic mass is 9.88. The molecule has 2 atom stereocenters. The zero-order valence-electron chi connectivity index (χ0n) is 21.3. The number of halogens is 2. The lowest BCUT2D eigenvalue weighted by Gasteiger charge is -2.19. The Balaban J connectivity index is 1.60. The van der Waals surface area contributed by atoms with Gasteiger partial charge in [-0.2, -0.15) is 8.78 Å². The van der Waals surface area contributed by atoms with Crippen molar-refractivity contribution in [2.24, 2.45) is 5.92 Å². The molecule has 1 aliphatic heterocycles. The van der Waals surface area contributed by atoms with Gasteiger partial charge in [0.25, 0.3) is 11.5 Å². The molecular formula is C28H29F2N3O5. The quantitative estimate of drug-likeness (QED) is 0.457. The lowest BCUT2D eigenvalue weighted by Crippen LogP contribution is -2.38. The molecule has 2 amide bonds. The third-order valence-corrected chi connectivity index (χ3v) is 6.77. The monoisotopic (exact) mass is 525 g/mol. The Labute approximate surface area is 218 Å². The number of ether oxygens (including phenoxy) is 2. The summed E-state index contributed by atoms with van der Waals surface area (Å²) in [5, 5.41) is 2.79. The molecule has 200 valence electrons. The number of carbonyl (C=O) groups excluding carboxylic acids is 2. The lowest BCUT2D eigenvalue weighted by molar-refractivity contribution is -0.120. The van der Waals surface area contributed by atoms with Crippen molar-refractivity contribution in [1.82, 2.24) is 9.88 Å². The fraction of sp³-hybridized carbons (Fsp3) is 0.321. The predicted octanol–water partition coefficient (Wildman–Crippen LogP) is 3.96. The van der Waals surface area contributed by atoms with E-state index in [-0.39, 0.29) is 41.8 Å². The molecule has 1 N–H and O–H groups in total. The average molecular weight is 526 g/mol. The number of methoxy groups -OCH3 is 1. The fourth-order valence-electron chi connectivity index (χ4n) is 4.73. The van der Waals surface area contributed by atoms with Gasteiger partial charge in [0, 0.05) is 37.3 Å². The molecule has 2 heterocycles. The summed E-state index contributed by atoms with van der Waals surface area (Å²) < 4.78 is 35.9. The van der Waals surface area contributed by atoms with Gasteiger partial charge in [-0.25, -0.2) is 0 Å². The van der Waals surface area contributed by atoms with Crippen LogP contribution in [0.2, 0.25) is 0 Å². The zero-order valence-corrected chi connectivity index (χ0v) is 21.3. The predicted molar refractivity (Wildman–Crippen MR) is 138 cm³/mol.